The first-order valence-corrected chi connectivity index (χ1v) is 7.27. The van der Waals surface area contributed by atoms with Crippen LogP contribution in [-0.2, 0) is 9.53 Å². The number of benzene rings is 1. The Labute approximate surface area is 122 Å². The van der Waals surface area contributed by atoms with Gasteiger partial charge in [0.15, 0.2) is 0 Å². The SMILES string of the molecule is CC1CN(C(C)C(=O)Nc2ccc(Br)cc2)CCO1. The number of nitrogens with zero attached hydrogens (tertiary/aromatic N) is 1. The molecule has 4 nitrogen and oxygen atoms in total. The van der Waals surface area contributed by atoms with Crippen molar-refractivity contribution >= 4 is 27.5 Å². The van der Waals surface area contributed by atoms with E-state index >= 15 is 0 Å². The summed E-state index contributed by atoms with van der Waals surface area (Å²) < 4.78 is 6.49. The van der Waals surface area contributed by atoms with Crippen LogP contribution in [0.25, 0.3) is 0 Å². The summed E-state index contributed by atoms with van der Waals surface area (Å²) in [4.78, 5) is 14.4. The van der Waals surface area contributed by atoms with Gasteiger partial charge >= 0.3 is 0 Å². The van der Waals surface area contributed by atoms with Gasteiger partial charge < -0.3 is 10.1 Å². The monoisotopic (exact) mass is 326 g/mol. The molecule has 1 saturated heterocycles. The van der Waals surface area contributed by atoms with E-state index in [4.69, 9.17) is 4.74 Å². The van der Waals surface area contributed by atoms with E-state index < -0.39 is 0 Å². The molecular formula is C14H19BrN2O2. The molecule has 1 aliphatic rings. The molecule has 1 aliphatic heterocycles. The smallest absolute Gasteiger partial charge is 0.241 e. The van der Waals surface area contributed by atoms with E-state index in [1.165, 1.54) is 0 Å². The van der Waals surface area contributed by atoms with Crippen LogP contribution in [0.5, 0.6) is 0 Å². The summed E-state index contributed by atoms with van der Waals surface area (Å²) in [5.74, 6) is 0.0245. The summed E-state index contributed by atoms with van der Waals surface area (Å²) in [5, 5.41) is 2.94. The molecule has 5 heteroatoms. The summed E-state index contributed by atoms with van der Waals surface area (Å²) in [7, 11) is 0. The Morgan fingerprint density at radius 1 is 1.47 bits per heavy atom. The van der Waals surface area contributed by atoms with E-state index in [0.29, 0.717) is 6.61 Å². The number of carbonyl (C=O) groups is 1. The van der Waals surface area contributed by atoms with Gasteiger partial charge in [-0.3, -0.25) is 9.69 Å². The van der Waals surface area contributed by atoms with E-state index in [-0.39, 0.29) is 18.1 Å². The second-order valence-electron chi connectivity index (χ2n) is 4.85. The van der Waals surface area contributed by atoms with Crippen molar-refractivity contribution in [3.8, 4) is 0 Å². The highest BCUT2D eigenvalue weighted by Gasteiger charge is 2.25. The minimum atomic E-state index is -0.144. The van der Waals surface area contributed by atoms with Crippen LogP contribution in [0.3, 0.4) is 0 Å². The molecule has 1 fully saturated rings. The molecule has 2 atom stereocenters. The molecule has 0 spiro atoms. The molecule has 1 heterocycles. The number of halogens is 1. The van der Waals surface area contributed by atoms with Gasteiger partial charge in [0.2, 0.25) is 5.91 Å². The zero-order chi connectivity index (χ0) is 13.8. The largest absolute Gasteiger partial charge is 0.376 e. The molecule has 0 bridgehead atoms. The Kier molecular flexibility index (Phi) is 4.96. The van der Waals surface area contributed by atoms with Crippen LogP contribution in [0.4, 0.5) is 5.69 Å². The molecule has 104 valence electrons. The lowest BCUT2D eigenvalue weighted by Crippen LogP contribution is -2.50. The summed E-state index contributed by atoms with van der Waals surface area (Å²) in [6.45, 7) is 6.27. The fourth-order valence-corrected chi connectivity index (χ4v) is 2.41. The number of hydrogen-bond donors (Lipinski definition) is 1. The van der Waals surface area contributed by atoms with Gasteiger partial charge in [0.25, 0.3) is 0 Å². The molecule has 0 saturated carbocycles. The van der Waals surface area contributed by atoms with Gasteiger partial charge in [0, 0.05) is 23.2 Å². The van der Waals surface area contributed by atoms with Gasteiger partial charge in [0.05, 0.1) is 18.8 Å². The van der Waals surface area contributed by atoms with Crippen molar-refractivity contribution in [2.75, 3.05) is 25.0 Å². The second-order valence-corrected chi connectivity index (χ2v) is 5.76. The van der Waals surface area contributed by atoms with Crippen LogP contribution in [0.1, 0.15) is 13.8 Å². The molecular weight excluding hydrogens is 308 g/mol. The summed E-state index contributed by atoms with van der Waals surface area (Å²) >= 11 is 3.37. The predicted octanol–water partition coefficient (Wildman–Crippen LogP) is 2.50. The first kappa shape index (κ1) is 14.5. The third-order valence-corrected chi connectivity index (χ3v) is 3.84. The van der Waals surface area contributed by atoms with Crippen molar-refractivity contribution < 1.29 is 9.53 Å². The van der Waals surface area contributed by atoms with Crippen LogP contribution in [0, 0.1) is 0 Å². The average Bonchev–Trinajstić information content (AvgIpc) is 2.40. The van der Waals surface area contributed by atoms with Gasteiger partial charge in [-0.1, -0.05) is 15.9 Å². The normalized spacial score (nSPS) is 21.9. The van der Waals surface area contributed by atoms with Crippen LogP contribution in [-0.4, -0.2) is 42.6 Å². The number of anilines is 1. The minimum Gasteiger partial charge on any atom is -0.376 e. The molecule has 19 heavy (non-hydrogen) atoms. The Bertz CT molecular complexity index is 436. The fraction of sp³-hybridized carbons (Fsp3) is 0.500. The number of carbonyl (C=O) groups excluding carboxylic acids is 1. The van der Waals surface area contributed by atoms with Crippen molar-refractivity contribution in [3.05, 3.63) is 28.7 Å². The fourth-order valence-electron chi connectivity index (χ4n) is 2.14. The highest BCUT2D eigenvalue weighted by Crippen LogP contribution is 2.15. The van der Waals surface area contributed by atoms with Crippen LogP contribution < -0.4 is 5.32 Å². The number of morpholine rings is 1. The van der Waals surface area contributed by atoms with Gasteiger partial charge in [0.1, 0.15) is 0 Å². The number of rotatable bonds is 3. The minimum absolute atomic E-state index is 0.0245. The molecule has 0 aliphatic carbocycles. The second kappa shape index (κ2) is 6.50. The van der Waals surface area contributed by atoms with E-state index in [9.17, 15) is 4.79 Å². The molecule has 1 amide bonds. The zero-order valence-electron chi connectivity index (χ0n) is 11.2. The molecule has 0 aromatic heterocycles. The maximum absolute atomic E-state index is 12.2. The van der Waals surface area contributed by atoms with Crippen molar-refractivity contribution in [2.45, 2.75) is 26.0 Å². The Morgan fingerprint density at radius 2 is 2.16 bits per heavy atom. The third kappa shape index (κ3) is 4.03. The third-order valence-electron chi connectivity index (χ3n) is 3.31. The summed E-state index contributed by atoms with van der Waals surface area (Å²) in [6.07, 6.45) is 0.191. The first-order valence-electron chi connectivity index (χ1n) is 6.48. The van der Waals surface area contributed by atoms with Gasteiger partial charge in [-0.25, -0.2) is 0 Å². The van der Waals surface area contributed by atoms with E-state index in [1.54, 1.807) is 0 Å². The molecule has 2 rings (SSSR count). The molecule has 0 radical (unpaired) electrons. The van der Waals surface area contributed by atoms with Crippen LogP contribution >= 0.6 is 15.9 Å². The highest BCUT2D eigenvalue weighted by atomic mass is 79.9. The van der Waals surface area contributed by atoms with Gasteiger partial charge in [-0.05, 0) is 38.1 Å². The maximum atomic E-state index is 12.2. The van der Waals surface area contributed by atoms with Gasteiger partial charge in [-0.15, -0.1) is 0 Å². The lowest BCUT2D eigenvalue weighted by atomic mass is 10.2. The number of amides is 1. The average molecular weight is 327 g/mol. The first-order chi connectivity index (χ1) is 9.06. The van der Waals surface area contributed by atoms with Crippen molar-refractivity contribution in [1.29, 1.82) is 0 Å². The molecule has 1 aromatic rings. The lowest BCUT2D eigenvalue weighted by Gasteiger charge is -2.34. The van der Waals surface area contributed by atoms with E-state index in [0.717, 1.165) is 23.2 Å². The van der Waals surface area contributed by atoms with E-state index in [2.05, 4.69) is 26.1 Å². The van der Waals surface area contributed by atoms with E-state index in [1.807, 2.05) is 38.1 Å². The summed E-state index contributed by atoms with van der Waals surface area (Å²) in [5.41, 5.74) is 0.821. The standard InChI is InChI=1S/C14H19BrN2O2/c1-10-9-17(7-8-19-10)11(2)14(18)16-13-5-3-12(15)4-6-13/h3-6,10-11H,7-9H2,1-2H3,(H,16,18). The number of nitrogens with one attached hydrogen (secondary N) is 1. The highest BCUT2D eigenvalue weighted by molar-refractivity contribution is 9.10. The summed E-state index contributed by atoms with van der Waals surface area (Å²) in [6, 6.07) is 7.46. The predicted molar refractivity (Wildman–Crippen MR) is 79.2 cm³/mol. The Morgan fingerprint density at radius 3 is 2.79 bits per heavy atom. The van der Waals surface area contributed by atoms with Crippen LogP contribution in [0.15, 0.2) is 28.7 Å². The maximum Gasteiger partial charge on any atom is 0.241 e. The van der Waals surface area contributed by atoms with Crippen molar-refractivity contribution in [3.63, 3.8) is 0 Å². The zero-order valence-corrected chi connectivity index (χ0v) is 12.8. The lowest BCUT2D eigenvalue weighted by molar-refractivity contribution is -0.123. The molecule has 2 unspecified atom stereocenters. The van der Waals surface area contributed by atoms with Crippen LogP contribution in [0.2, 0.25) is 0 Å². The van der Waals surface area contributed by atoms with Crippen molar-refractivity contribution in [2.24, 2.45) is 0 Å². The quantitative estimate of drug-likeness (QED) is 0.927. The van der Waals surface area contributed by atoms with Crippen molar-refractivity contribution in [1.82, 2.24) is 4.90 Å². The Balaban J connectivity index is 1.93. The number of hydrogen-bond acceptors (Lipinski definition) is 3. The Hall–Kier alpha value is -0.910. The number of ether oxygens (including phenoxy) is 1. The van der Waals surface area contributed by atoms with Gasteiger partial charge in [-0.2, -0.15) is 0 Å². The molecule has 1 N–H and O–H groups in total. The molecule has 1 aromatic carbocycles. The topological polar surface area (TPSA) is 41.6 Å².